The molecule has 3 rings (SSSR count). The van der Waals surface area contributed by atoms with Crippen LogP contribution in [0.4, 0.5) is 0 Å². The normalized spacial score (nSPS) is 32.0. The molecule has 0 amide bonds. The number of aliphatic hydroxyl groups is 1. The van der Waals surface area contributed by atoms with Crippen molar-refractivity contribution in [1.29, 1.82) is 0 Å². The van der Waals surface area contributed by atoms with Gasteiger partial charge in [-0.2, -0.15) is 4.98 Å². The van der Waals surface area contributed by atoms with Gasteiger partial charge in [0, 0.05) is 18.2 Å². The Balaban J connectivity index is 2.14. The molecule has 2 bridgehead atoms. The molecule has 1 saturated heterocycles. The molecule has 3 heterocycles. The van der Waals surface area contributed by atoms with E-state index in [2.05, 4.69) is 4.98 Å². The van der Waals surface area contributed by atoms with Crippen molar-refractivity contribution < 1.29 is 9.84 Å². The van der Waals surface area contributed by atoms with Crippen LogP contribution in [0.5, 0.6) is 0 Å². The first-order valence-corrected chi connectivity index (χ1v) is 5.06. The summed E-state index contributed by atoms with van der Waals surface area (Å²) in [5.74, 6) is 0.842. The number of ether oxygens (including phenoxy) is 1. The molecule has 2 aliphatic rings. The maximum absolute atomic E-state index is 11.4. The van der Waals surface area contributed by atoms with Gasteiger partial charge in [-0.05, 0) is 6.92 Å². The summed E-state index contributed by atoms with van der Waals surface area (Å²) in [6, 6.07) is 0. The molecule has 3 unspecified atom stereocenters. The summed E-state index contributed by atoms with van der Waals surface area (Å²) in [4.78, 5) is 15.5. The molecule has 5 nitrogen and oxygen atoms in total. The summed E-state index contributed by atoms with van der Waals surface area (Å²) in [6.45, 7) is 1.74. The Bertz CT molecular complexity index is 468. The van der Waals surface area contributed by atoms with Crippen LogP contribution in [0, 0.1) is 6.92 Å². The Morgan fingerprint density at radius 2 is 2.53 bits per heavy atom. The number of hydrogen-bond acceptors (Lipinski definition) is 4. The monoisotopic (exact) mass is 208 g/mol. The van der Waals surface area contributed by atoms with Crippen molar-refractivity contribution >= 4 is 0 Å². The lowest BCUT2D eigenvalue weighted by molar-refractivity contribution is -0.0411. The molecule has 1 fully saturated rings. The first-order valence-electron chi connectivity index (χ1n) is 5.06. The zero-order valence-corrected chi connectivity index (χ0v) is 8.38. The van der Waals surface area contributed by atoms with E-state index in [1.54, 1.807) is 13.1 Å². The number of nitrogens with zero attached hydrogens (tertiary/aromatic N) is 2. The third-order valence-electron chi connectivity index (χ3n) is 3.21. The molecule has 1 aromatic rings. The number of hydrogen-bond donors (Lipinski definition) is 1. The minimum atomic E-state index is -0.190. The molecule has 1 aromatic heterocycles. The number of aromatic nitrogens is 2. The third kappa shape index (κ3) is 1.10. The van der Waals surface area contributed by atoms with Crippen molar-refractivity contribution in [2.75, 3.05) is 6.61 Å². The lowest BCUT2D eigenvalue weighted by Crippen LogP contribution is -2.30. The van der Waals surface area contributed by atoms with Crippen molar-refractivity contribution in [3.63, 3.8) is 0 Å². The highest BCUT2D eigenvalue weighted by atomic mass is 16.5. The molecule has 80 valence electrons. The van der Waals surface area contributed by atoms with Crippen molar-refractivity contribution in [3.8, 4) is 0 Å². The second-order valence-electron chi connectivity index (χ2n) is 4.15. The molecule has 3 atom stereocenters. The van der Waals surface area contributed by atoms with Crippen molar-refractivity contribution in [1.82, 2.24) is 9.55 Å². The summed E-state index contributed by atoms with van der Waals surface area (Å²) in [5, 5.41) is 9.10. The van der Waals surface area contributed by atoms with E-state index < -0.39 is 0 Å². The predicted octanol–water partition coefficient (Wildman–Crippen LogP) is -0.0713. The molecular formula is C10H12N2O3. The van der Waals surface area contributed by atoms with Crippen LogP contribution in [0.1, 0.15) is 30.0 Å². The van der Waals surface area contributed by atoms with Gasteiger partial charge in [0.1, 0.15) is 12.1 Å². The van der Waals surface area contributed by atoms with Crippen molar-refractivity contribution in [2.45, 2.75) is 31.6 Å². The molecule has 0 aliphatic carbocycles. The lowest BCUT2D eigenvalue weighted by atomic mass is 10.0. The molecular weight excluding hydrogens is 196 g/mol. The Kier molecular flexibility index (Phi) is 1.75. The summed E-state index contributed by atoms with van der Waals surface area (Å²) in [5.41, 5.74) is 0.459. The van der Waals surface area contributed by atoms with Crippen LogP contribution >= 0.6 is 0 Å². The zero-order chi connectivity index (χ0) is 10.6. The Morgan fingerprint density at radius 1 is 1.73 bits per heavy atom. The summed E-state index contributed by atoms with van der Waals surface area (Å²) in [7, 11) is 0. The Labute approximate surface area is 86.3 Å². The smallest absolute Gasteiger partial charge is 0.275 e. The van der Waals surface area contributed by atoms with Crippen LogP contribution in [0.2, 0.25) is 0 Å². The first kappa shape index (κ1) is 9.06. The van der Waals surface area contributed by atoms with Gasteiger partial charge in [-0.1, -0.05) is 0 Å². The highest BCUT2D eigenvalue weighted by molar-refractivity contribution is 5.17. The molecule has 1 N–H and O–H groups in total. The molecule has 15 heavy (non-hydrogen) atoms. The van der Waals surface area contributed by atoms with Gasteiger partial charge in [0.25, 0.3) is 5.56 Å². The van der Waals surface area contributed by atoms with Crippen molar-refractivity contribution in [2.24, 2.45) is 0 Å². The molecule has 0 spiro atoms. The van der Waals surface area contributed by atoms with E-state index in [1.165, 1.54) is 0 Å². The van der Waals surface area contributed by atoms with Gasteiger partial charge in [-0.15, -0.1) is 0 Å². The fraction of sp³-hybridized carbons (Fsp3) is 0.600. The van der Waals surface area contributed by atoms with Gasteiger partial charge >= 0.3 is 0 Å². The minimum absolute atomic E-state index is 0.00901. The Morgan fingerprint density at radius 3 is 3.27 bits per heavy atom. The van der Waals surface area contributed by atoms with Gasteiger partial charge < -0.3 is 14.4 Å². The zero-order valence-electron chi connectivity index (χ0n) is 8.38. The van der Waals surface area contributed by atoms with Crippen LogP contribution in [-0.2, 0) is 4.74 Å². The van der Waals surface area contributed by atoms with Gasteiger partial charge in [0.05, 0.1) is 18.6 Å². The highest BCUT2D eigenvalue weighted by Crippen LogP contribution is 2.45. The average Bonchev–Trinajstić information content (AvgIpc) is 2.77. The van der Waals surface area contributed by atoms with E-state index in [-0.39, 0.29) is 30.4 Å². The predicted molar refractivity (Wildman–Crippen MR) is 51.6 cm³/mol. The van der Waals surface area contributed by atoms with E-state index in [4.69, 9.17) is 9.84 Å². The third-order valence-corrected chi connectivity index (χ3v) is 3.21. The van der Waals surface area contributed by atoms with Crippen LogP contribution in [-0.4, -0.2) is 27.4 Å². The lowest BCUT2D eigenvalue weighted by Gasteiger charge is -2.24. The molecule has 0 aromatic carbocycles. The number of fused-ring (bicyclic) bond motifs is 5. The average molecular weight is 208 g/mol. The van der Waals surface area contributed by atoms with Gasteiger partial charge in [-0.25, -0.2) is 0 Å². The SMILES string of the molecule is Cc1cn2c(nc1=O)C1CC2OC1CO. The first-order chi connectivity index (χ1) is 7.20. The van der Waals surface area contributed by atoms with E-state index in [0.29, 0.717) is 5.56 Å². The summed E-state index contributed by atoms with van der Waals surface area (Å²) in [6.07, 6.45) is 2.38. The quantitative estimate of drug-likeness (QED) is 0.701. The standard InChI is InChI=1S/C10H12N2O3/c1-5-3-12-8-2-6(7(4-13)15-8)9(12)11-10(5)14/h3,6-8,13H,2,4H2,1H3. The van der Waals surface area contributed by atoms with Crippen LogP contribution in [0.3, 0.4) is 0 Å². The van der Waals surface area contributed by atoms with Crippen molar-refractivity contribution in [3.05, 3.63) is 27.9 Å². The van der Waals surface area contributed by atoms with E-state index in [9.17, 15) is 4.79 Å². The number of rotatable bonds is 1. The van der Waals surface area contributed by atoms with E-state index in [0.717, 1.165) is 12.2 Å². The molecule has 0 radical (unpaired) electrons. The number of aryl methyl sites for hydroxylation is 1. The second-order valence-corrected chi connectivity index (χ2v) is 4.15. The minimum Gasteiger partial charge on any atom is -0.394 e. The second kappa shape index (κ2) is 2.90. The fourth-order valence-electron chi connectivity index (χ4n) is 2.43. The summed E-state index contributed by atoms with van der Waals surface area (Å²) >= 11 is 0. The van der Waals surface area contributed by atoms with Gasteiger partial charge in [0.15, 0.2) is 0 Å². The van der Waals surface area contributed by atoms with Gasteiger partial charge in [-0.3, -0.25) is 4.79 Å². The summed E-state index contributed by atoms with van der Waals surface area (Å²) < 4.78 is 7.51. The fourth-order valence-corrected chi connectivity index (χ4v) is 2.43. The van der Waals surface area contributed by atoms with E-state index in [1.807, 2.05) is 4.57 Å². The van der Waals surface area contributed by atoms with Crippen LogP contribution in [0.15, 0.2) is 11.0 Å². The van der Waals surface area contributed by atoms with E-state index >= 15 is 0 Å². The maximum Gasteiger partial charge on any atom is 0.275 e. The Hall–Kier alpha value is -1.20. The molecule has 0 saturated carbocycles. The molecule has 2 aliphatic heterocycles. The van der Waals surface area contributed by atoms with Crippen LogP contribution < -0.4 is 5.56 Å². The largest absolute Gasteiger partial charge is 0.394 e. The molecule has 5 heteroatoms. The van der Waals surface area contributed by atoms with Crippen LogP contribution in [0.25, 0.3) is 0 Å². The van der Waals surface area contributed by atoms with Gasteiger partial charge in [0.2, 0.25) is 0 Å². The maximum atomic E-state index is 11.4. The highest BCUT2D eigenvalue weighted by Gasteiger charge is 2.45. The number of aliphatic hydroxyl groups excluding tert-OH is 1. The topological polar surface area (TPSA) is 64.4 Å².